The van der Waals surface area contributed by atoms with Crippen LogP contribution in [-0.2, 0) is 11.2 Å². The summed E-state index contributed by atoms with van der Waals surface area (Å²) in [7, 11) is 0. The maximum Gasteiger partial charge on any atom is 0.269 e. The highest BCUT2D eigenvalue weighted by Crippen LogP contribution is 2.13. The molecule has 0 bridgehead atoms. The first kappa shape index (κ1) is 14.7. The molecule has 1 aromatic carbocycles. The zero-order chi connectivity index (χ0) is 14.3. The third-order valence-electron chi connectivity index (χ3n) is 2.60. The molecular formula is C14H16N2O3. The van der Waals surface area contributed by atoms with E-state index in [9.17, 15) is 14.9 Å². The van der Waals surface area contributed by atoms with Crippen molar-refractivity contribution < 1.29 is 9.72 Å². The van der Waals surface area contributed by atoms with Crippen molar-refractivity contribution in [3.05, 3.63) is 39.9 Å². The van der Waals surface area contributed by atoms with Gasteiger partial charge in [-0.25, -0.2) is 0 Å². The van der Waals surface area contributed by atoms with E-state index in [0.29, 0.717) is 5.56 Å². The van der Waals surface area contributed by atoms with Crippen molar-refractivity contribution in [2.45, 2.75) is 32.2 Å². The number of hydrogen-bond donors (Lipinski definition) is 1. The number of non-ortho nitro benzene ring substituents is 1. The summed E-state index contributed by atoms with van der Waals surface area (Å²) < 4.78 is 0. The lowest BCUT2D eigenvalue weighted by Crippen LogP contribution is -2.34. The zero-order valence-electron chi connectivity index (χ0n) is 10.8. The summed E-state index contributed by atoms with van der Waals surface area (Å²) in [5.41, 5.74) is 0.575. The molecule has 0 radical (unpaired) electrons. The lowest BCUT2D eigenvalue weighted by Gasteiger charge is -2.11. The molecule has 1 atom stereocenters. The van der Waals surface area contributed by atoms with Gasteiger partial charge in [-0.1, -0.05) is 31.4 Å². The van der Waals surface area contributed by atoms with Gasteiger partial charge in [0.25, 0.3) is 5.69 Å². The number of nitrogens with zero attached hydrogens (tertiary/aromatic N) is 1. The van der Waals surface area contributed by atoms with Crippen molar-refractivity contribution in [2.24, 2.45) is 0 Å². The topological polar surface area (TPSA) is 72.2 Å². The number of nitro groups is 1. The summed E-state index contributed by atoms with van der Waals surface area (Å²) in [6.45, 7) is 1.98. The van der Waals surface area contributed by atoms with Gasteiger partial charge >= 0.3 is 0 Å². The lowest BCUT2D eigenvalue weighted by molar-refractivity contribution is -0.384. The highest BCUT2D eigenvalue weighted by Gasteiger charge is 2.11. The van der Waals surface area contributed by atoms with Gasteiger partial charge in [-0.15, -0.1) is 6.42 Å². The van der Waals surface area contributed by atoms with E-state index in [1.54, 1.807) is 12.1 Å². The molecule has 0 aliphatic rings. The Morgan fingerprint density at radius 3 is 2.89 bits per heavy atom. The molecule has 0 heterocycles. The highest BCUT2D eigenvalue weighted by atomic mass is 16.6. The highest BCUT2D eigenvalue weighted by molar-refractivity contribution is 5.79. The van der Waals surface area contributed by atoms with E-state index >= 15 is 0 Å². The Morgan fingerprint density at radius 2 is 2.32 bits per heavy atom. The van der Waals surface area contributed by atoms with Crippen LogP contribution in [0.1, 0.15) is 25.3 Å². The Hall–Kier alpha value is -2.35. The van der Waals surface area contributed by atoms with Gasteiger partial charge in [-0.05, 0) is 12.0 Å². The Bertz CT molecular complexity index is 506. The first-order valence-electron chi connectivity index (χ1n) is 6.05. The van der Waals surface area contributed by atoms with Crippen molar-refractivity contribution in [3.8, 4) is 12.3 Å². The van der Waals surface area contributed by atoms with Gasteiger partial charge in [-0.2, -0.15) is 0 Å². The second-order valence-corrected chi connectivity index (χ2v) is 4.18. The number of nitro benzene ring substituents is 1. The van der Waals surface area contributed by atoms with Gasteiger partial charge in [0.15, 0.2) is 0 Å². The number of terminal acetylenes is 1. The molecule has 0 fully saturated rings. The molecule has 1 unspecified atom stereocenters. The predicted molar refractivity (Wildman–Crippen MR) is 72.5 cm³/mol. The van der Waals surface area contributed by atoms with Crippen LogP contribution in [0.3, 0.4) is 0 Å². The van der Waals surface area contributed by atoms with E-state index in [0.717, 1.165) is 12.8 Å². The van der Waals surface area contributed by atoms with Gasteiger partial charge in [0.2, 0.25) is 5.91 Å². The van der Waals surface area contributed by atoms with Gasteiger partial charge in [-0.3, -0.25) is 14.9 Å². The Labute approximate surface area is 112 Å². The first-order valence-corrected chi connectivity index (χ1v) is 6.05. The van der Waals surface area contributed by atoms with Gasteiger partial charge < -0.3 is 5.32 Å². The van der Waals surface area contributed by atoms with Crippen molar-refractivity contribution in [2.75, 3.05) is 0 Å². The van der Waals surface area contributed by atoms with Gasteiger partial charge in [0.05, 0.1) is 17.4 Å². The average Bonchev–Trinajstić information content (AvgIpc) is 2.38. The second kappa shape index (κ2) is 7.17. The van der Waals surface area contributed by atoms with E-state index in [1.807, 2.05) is 6.92 Å². The van der Waals surface area contributed by atoms with Crippen LogP contribution < -0.4 is 5.32 Å². The van der Waals surface area contributed by atoms with Crippen molar-refractivity contribution in [3.63, 3.8) is 0 Å². The van der Waals surface area contributed by atoms with Crippen LogP contribution in [0.15, 0.2) is 24.3 Å². The Morgan fingerprint density at radius 1 is 1.58 bits per heavy atom. The largest absolute Gasteiger partial charge is 0.342 e. The molecule has 5 heteroatoms. The molecule has 0 saturated carbocycles. The molecule has 0 aliphatic heterocycles. The van der Waals surface area contributed by atoms with Crippen LogP contribution >= 0.6 is 0 Å². The Balaban J connectivity index is 2.64. The fourth-order valence-corrected chi connectivity index (χ4v) is 1.70. The second-order valence-electron chi connectivity index (χ2n) is 4.18. The van der Waals surface area contributed by atoms with Crippen LogP contribution in [0.4, 0.5) is 5.69 Å². The summed E-state index contributed by atoms with van der Waals surface area (Å²) in [6, 6.07) is 5.74. The van der Waals surface area contributed by atoms with Crippen LogP contribution in [0.2, 0.25) is 0 Å². The molecule has 0 spiro atoms. The molecule has 0 aliphatic carbocycles. The van der Waals surface area contributed by atoms with E-state index in [2.05, 4.69) is 11.2 Å². The maximum atomic E-state index is 11.8. The van der Waals surface area contributed by atoms with Crippen LogP contribution in [0, 0.1) is 22.5 Å². The van der Waals surface area contributed by atoms with Crippen molar-refractivity contribution >= 4 is 11.6 Å². The minimum Gasteiger partial charge on any atom is -0.342 e. The van der Waals surface area contributed by atoms with Crippen molar-refractivity contribution in [1.29, 1.82) is 0 Å². The van der Waals surface area contributed by atoms with Gasteiger partial charge in [0, 0.05) is 12.1 Å². The minimum atomic E-state index is -0.483. The summed E-state index contributed by atoms with van der Waals surface area (Å²) in [6.07, 6.45) is 7.00. The third kappa shape index (κ3) is 4.80. The van der Waals surface area contributed by atoms with E-state index in [4.69, 9.17) is 6.42 Å². The fraction of sp³-hybridized carbons (Fsp3) is 0.357. The first-order chi connectivity index (χ1) is 9.06. The molecular weight excluding hydrogens is 244 g/mol. The van der Waals surface area contributed by atoms with Crippen LogP contribution in [-0.4, -0.2) is 16.9 Å². The molecule has 19 heavy (non-hydrogen) atoms. The quantitative estimate of drug-likeness (QED) is 0.483. The average molecular weight is 260 g/mol. The van der Waals surface area contributed by atoms with Crippen LogP contribution in [0.5, 0.6) is 0 Å². The number of rotatable bonds is 6. The predicted octanol–water partition coefficient (Wildman–Crippen LogP) is 2.06. The van der Waals surface area contributed by atoms with Crippen molar-refractivity contribution in [1.82, 2.24) is 5.32 Å². The number of carbonyl (C=O) groups excluding carboxylic acids is 1. The summed E-state index contributed by atoms with van der Waals surface area (Å²) >= 11 is 0. The number of amides is 1. The van der Waals surface area contributed by atoms with E-state index in [-0.39, 0.29) is 24.1 Å². The minimum absolute atomic E-state index is 0.0210. The molecule has 1 N–H and O–H groups in total. The normalized spacial score (nSPS) is 11.4. The monoisotopic (exact) mass is 260 g/mol. The molecule has 1 amide bonds. The zero-order valence-corrected chi connectivity index (χ0v) is 10.8. The standard InChI is InChI=1S/C14H16N2O3/c1-3-6-12(4-2)15-14(17)10-11-7-5-8-13(9-11)16(18)19/h2,5,7-9,12H,3,6,10H2,1H3,(H,15,17). The number of nitrogens with one attached hydrogen (secondary N) is 1. The maximum absolute atomic E-state index is 11.8. The SMILES string of the molecule is C#CC(CCC)NC(=O)Cc1cccc([N+](=O)[O-])c1. The van der Waals surface area contributed by atoms with E-state index < -0.39 is 4.92 Å². The molecule has 5 nitrogen and oxygen atoms in total. The molecule has 1 rings (SSSR count). The number of carbonyl (C=O) groups is 1. The molecule has 100 valence electrons. The molecule has 1 aromatic rings. The summed E-state index contributed by atoms with van der Waals surface area (Å²) in [5, 5.41) is 13.3. The van der Waals surface area contributed by atoms with E-state index in [1.165, 1.54) is 12.1 Å². The summed E-state index contributed by atoms with van der Waals surface area (Å²) in [4.78, 5) is 21.9. The molecule has 0 saturated heterocycles. The summed E-state index contributed by atoms with van der Waals surface area (Å²) in [5.74, 6) is 2.28. The van der Waals surface area contributed by atoms with Gasteiger partial charge in [0.1, 0.15) is 0 Å². The van der Waals surface area contributed by atoms with Crippen LogP contribution in [0.25, 0.3) is 0 Å². The fourth-order valence-electron chi connectivity index (χ4n) is 1.70. The lowest BCUT2D eigenvalue weighted by atomic mass is 10.1. The number of hydrogen-bond acceptors (Lipinski definition) is 3. The smallest absolute Gasteiger partial charge is 0.269 e. The third-order valence-corrected chi connectivity index (χ3v) is 2.60. The number of benzene rings is 1. The molecule has 0 aromatic heterocycles. The Kier molecular flexibility index (Phi) is 5.55.